The van der Waals surface area contributed by atoms with Gasteiger partial charge in [0.1, 0.15) is 11.9 Å². The van der Waals surface area contributed by atoms with E-state index in [-0.39, 0.29) is 6.10 Å². The van der Waals surface area contributed by atoms with Crippen LogP contribution in [0.25, 0.3) is 0 Å². The van der Waals surface area contributed by atoms with Gasteiger partial charge in [-0.3, -0.25) is 0 Å². The summed E-state index contributed by atoms with van der Waals surface area (Å²) in [5.41, 5.74) is 0. The standard InChI is InChI=1S/C14H19Cl2NO/c1-2-3-14(10-6-7-17-9-10)18-11-4-5-12(15)13(16)8-11/h4-5,8,10,14,17H,2-3,6-7,9H2,1H3/t10-,14-/m1/s1. The molecule has 2 rings (SSSR count). The Balaban J connectivity index is 2.04. The molecule has 0 spiro atoms. The van der Waals surface area contributed by atoms with E-state index in [9.17, 15) is 0 Å². The van der Waals surface area contributed by atoms with Crippen molar-refractivity contribution in [3.63, 3.8) is 0 Å². The minimum absolute atomic E-state index is 0.266. The number of nitrogens with one attached hydrogen (secondary N) is 1. The first-order chi connectivity index (χ1) is 8.70. The Bertz CT molecular complexity index is 391. The molecule has 18 heavy (non-hydrogen) atoms. The number of ether oxygens (including phenoxy) is 1. The van der Waals surface area contributed by atoms with E-state index in [2.05, 4.69) is 12.2 Å². The third-order valence-electron chi connectivity index (χ3n) is 3.38. The fourth-order valence-electron chi connectivity index (χ4n) is 2.39. The van der Waals surface area contributed by atoms with Crippen LogP contribution in [0.15, 0.2) is 18.2 Å². The second-order valence-electron chi connectivity index (χ2n) is 4.77. The number of halogens is 2. The summed E-state index contributed by atoms with van der Waals surface area (Å²) in [6, 6.07) is 5.48. The summed E-state index contributed by atoms with van der Waals surface area (Å²) in [6.45, 7) is 4.33. The topological polar surface area (TPSA) is 21.3 Å². The minimum Gasteiger partial charge on any atom is -0.490 e. The Hall–Kier alpha value is -0.440. The first-order valence-electron chi connectivity index (χ1n) is 6.53. The summed E-state index contributed by atoms with van der Waals surface area (Å²) in [5, 5.41) is 4.51. The van der Waals surface area contributed by atoms with Crippen molar-refractivity contribution in [3.8, 4) is 5.75 Å². The van der Waals surface area contributed by atoms with Crippen molar-refractivity contribution in [3.05, 3.63) is 28.2 Å². The molecule has 0 amide bonds. The van der Waals surface area contributed by atoms with Crippen molar-refractivity contribution in [1.82, 2.24) is 5.32 Å². The Morgan fingerprint density at radius 1 is 1.39 bits per heavy atom. The highest BCUT2D eigenvalue weighted by molar-refractivity contribution is 6.42. The molecule has 0 unspecified atom stereocenters. The molecule has 0 aromatic heterocycles. The zero-order valence-corrected chi connectivity index (χ0v) is 12.1. The molecule has 2 atom stereocenters. The second kappa shape index (κ2) is 6.65. The van der Waals surface area contributed by atoms with Crippen molar-refractivity contribution in [1.29, 1.82) is 0 Å². The number of benzene rings is 1. The molecule has 0 aliphatic carbocycles. The molecule has 1 saturated heterocycles. The summed E-state index contributed by atoms with van der Waals surface area (Å²) in [7, 11) is 0. The van der Waals surface area contributed by atoms with Crippen LogP contribution in [0.1, 0.15) is 26.2 Å². The van der Waals surface area contributed by atoms with Crippen molar-refractivity contribution in [2.45, 2.75) is 32.3 Å². The van der Waals surface area contributed by atoms with Gasteiger partial charge in [-0.15, -0.1) is 0 Å². The second-order valence-corrected chi connectivity index (χ2v) is 5.59. The molecule has 1 aliphatic rings. The monoisotopic (exact) mass is 287 g/mol. The van der Waals surface area contributed by atoms with E-state index in [4.69, 9.17) is 27.9 Å². The van der Waals surface area contributed by atoms with Gasteiger partial charge in [0.2, 0.25) is 0 Å². The van der Waals surface area contributed by atoms with Gasteiger partial charge in [-0.2, -0.15) is 0 Å². The molecule has 1 aromatic carbocycles. The van der Waals surface area contributed by atoms with E-state index in [1.54, 1.807) is 12.1 Å². The molecule has 1 fully saturated rings. The summed E-state index contributed by atoms with van der Waals surface area (Å²) in [4.78, 5) is 0. The fourth-order valence-corrected chi connectivity index (χ4v) is 2.68. The average molecular weight is 288 g/mol. The molecule has 0 radical (unpaired) electrons. The Morgan fingerprint density at radius 2 is 2.22 bits per heavy atom. The zero-order chi connectivity index (χ0) is 13.0. The lowest BCUT2D eigenvalue weighted by molar-refractivity contribution is 0.132. The van der Waals surface area contributed by atoms with Crippen LogP contribution in [0.4, 0.5) is 0 Å². The maximum absolute atomic E-state index is 6.09. The van der Waals surface area contributed by atoms with Crippen LogP contribution in [0.5, 0.6) is 5.75 Å². The molecule has 1 N–H and O–H groups in total. The minimum atomic E-state index is 0.266. The van der Waals surface area contributed by atoms with Gasteiger partial charge in [0.05, 0.1) is 10.0 Å². The lowest BCUT2D eigenvalue weighted by Gasteiger charge is -2.24. The molecule has 1 aliphatic heterocycles. The number of rotatable bonds is 5. The fraction of sp³-hybridized carbons (Fsp3) is 0.571. The van der Waals surface area contributed by atoms with Gasteiger partial charge in [0.25, 0.3) is 0 Å². The third kappa shape index (κ3) is 3.53. The van der Waals surface area contributed by atoms with E-state index in [1.165, 1.54) is 6.42 Å². The van der Waals surface area contributed by atoms with Gasteiger partial charge in [-0.05, 0) is 31.5 Å². The predicted molar refractivity (Wildman–Crippen MR) is 76.8 cm³/mol. The molecule has 1 heterocycles. The molecule has 0 bridgehead atoms. The highest BCUT2D eigenvalue weighted by Gasteiger charge is 2.25. The summed E-state index contributed by atoms with van der Waals surface area (Å²) in [5.74, 6) is 1.41. The SMILES string of the molecule is CCC[C@@H](Oc1ccc(Cl)c(Cl)c1)[C@@H]1CCNC1. The van der Waals surface area contributed by atoms with Gasteiger partial charge in [0, 0.05) is 18.5 Å². The number of hydrogen-bond donors (Lipinski definition) is 1. The van der Waals surface area contributed by atoms with Crippen LogP contribution in [0.2, 0.25) is 10.0 Å². The van der Waals surface area contributed by atoms with Crippen LogP contribution in [0.3, 0.4) is 0 Å². The van der Waals surface area contributed by atoms with Crippen molar-refractivity contribution in [2.24, 2.45) is 5.92 Å². The highest BCUT2D eigenvalue weighted by atomic mass is 35.5. The first-order valence-corrected chi connectivity index (χ1v) is 7.28. The highest BCUT2D eigenvalue weighted by Crippen LogP contribution is 2.29. The molecule has 0 saturated carbocycles. The summed E-state index contributed by atoms with van der Waals surface area (Å²) >= 11 is 11.9. The van der Waals surface area contributed by atoms with E-state index in [0.717, 1.165) is 31.7 Å². The Labute approximate surface area is 119 Å². The summed E-state index contributed by atoms with van der Waals surface area (Å²) < 4.78 is 6.09. The molecule has 100 valence electrons. The van der Waals surface area contributed by atoms with E-state index in [0.29, 0.717) is 16.0 Å². The quantitative estimate of drug-likeness (QED) is 0.878. The van der Waals surface area contributed by atoms with Crippen LogP contribution < -0.4 is 10.1 Å². The Kier molecular flexibility index (Phi) is 5.16. The maximum Gasteiger partial charge on any atom is 0.121 e. The van der Waals surface area contributed by atoms with Crippen LogP contribution in [-0.2, 0) is 0 Å². The van der Waals surface area contributed by atoms with Gasteiger partial charge in [0.15, 0.2) is 0 Å². The van der Waals surface area contributed by atoms with Crippen molar-refractivity contribution < 1.29 is 4.74 Å². The molecular weight excluding hydrogens is 269 g/mol. The Morgan fingerprint density at radius 3 is 2.83 bits per heavy atom. The summed E-state index contributed by atoms with van der Waals surface area (Å²) in [6.07, 6.45) is 3.66. The molecular formula is C14H19Cl2NO. The zero-order valence-electron chi connectivity index (χ0n) is 10.6. The van der Waals surface area contributed by atoms with Crippen molar-refractivity contribution >= 4 is 23.2 Å². The van der Waals surface area contributed by atoms with E-state index >= 15 is 0 Å². The van der Waals surface area contributed by atoms with E-state index < -0.39 is 0 Å². The van der Waals surface area contributed by atoms with Crippen LogP contribution in [0, 0.1) is 5.92 Å². The molecule has 2 nitrogen and oxygen atoms in total. The largest absolute Gasteiger partial charge is 0.490 e. The number of hydrogen-bond acceptors (Lipinski definition) is 2. The smallest absolute Gasteiger partial charge is 0.121 e. The lowest BCUT2D eigenvalue weighted by atomic mass is 9.97. The first kappa shape index (κ1) is 14.0. The third-order valence-corrected chi connectivity index (χ3v) is 4.11. The molecule has 4 heteroatoms. The maximum atomic E-state index is 6.09. The predicted octanol–water partition coefficient (Wildman–Crippen LogP) is 4.15. The normalized spacial score (nSPS) is 20.9. The van der Waals surface area contributed by atoms with Gasteiger partial charge in [-0.25, -0.2) is 0 Å². The van der Waals surface area contributed by atoms with Gasteiger partial charge in [-0.1, -0.05) is 36.5 Å². The van der Waals surface area contributed by atoms with Crippen LogP contribution in [-0.4, -0.2) is 19.2 Å². The van der Waals surface area contributed by atoms with Gasteiger partial charge < -0.3 is 10.1 Å². The lowest BCUT2D eigenvalue weighted by Crippen LogP contribution is -2.28. The average Bonchev–Trinajstić information content (AvgIpc) is 2.87. The van der Waals surface area contributed by atoms with E-state index in [1.807, 2.05) is 6.07 Å². The van der Waals surface area contributed by atoms with Gasteiger partial charge >= 0.3 is 0 Å². The van der Waals surface area contributed by atoms with Crippen LogP contribution >= 0.6 is 23.2 Å². The van der Waals surface area contributed by atoms with Crippen molar-refractivity contribution in [2.75, 3.05) is 13.1 Å². The molecule has 1 aromatic rings.